The molecular weight excluding hydrogens is 296 g/mol. The monoisotopic (exact) mass is 315 g/mol. The molecule has 0 aliphatic carbocycles. The van der Waals surface area contributed by atoms with E-state index in [0.717, 1.165) is 11.4 Å². The van der Waals surface area contributed by atoms with E-state index in [9.17, 15) is 0 Å². The van der Waals surface area contributed by atoms with Crippen LogP contribution < -0.4 is 5.32 Å². The zero-order valence-electron chi connectivity index (χ0n) is 12.3. The molecule has 2 nitrogen and oxygen atoms in total. The summed E-state index contributed by atoms with van der Waals surface area (Å²) < 4.78 is 0. The average molecular weight is 316 g/mol. The van der Waals surface area contributed by atoms with Crippen molar-refractivity contribution >= 4 is 17.7 Å². The van der Waals surface area contributed by atoms with Crippen molar-refractivity contribution in [2.24, 2.45) is 4.99 Å². The minimum atomic E-state index is 0. The van der Waals surface area contributed by atoms with Gasteiger partial charge in [-0.05, 0) is 49.9 Å². The van der Waals surface area contributed by atoms with Crippen molar-refractivity contribution < 1.29 is 17.1 Å². The van der Waals surface area contributed by atoms with Crippen LogP contribution in [0.2, 0.25) is 0 Å². The van der Waals surface area contributed by atoms with E-state index in [1.807, 2.05) is 0 Å². The van der Waals surface area contributed by atoms with Crippen LogP contribution in [0.4, 0.5) is 11.4 Å². The van der Waals surface area contributed by atoms with Crippen molar-refractivity contribution in [1.82, 2.24) is 0 Å². The molecule has 0 spiro atoms. The van der Waals surface area contributed by atoms with Crippen LogP contribution in [-0.4, -0.2) is 6.34 Å². The summed E-state index contributed by atoms with van der Waals surface area (Å²) in [6, 6.07) is 12.5. The second kappa shape index (κ2) is 7.28. The number of rotatable bonds is 3. The molecule has 0 amide bonds. The predicted octanol–water partition coefficient (Wildman–Crippen LogP) is 4.69. The third-order valence-corrected chi connectivity index (χ3v) is 3.32. The van der Waals surface area contributed by atoms with Gasteiger partial charge < -0.3 is 5.32 Å². The van der Waals surface area contributed by atoms with Crippen LogP contribution in [0.1, 0.15) is 22.3 Å². The van der Waals surface area contributed by atoms with E-state index in [0.29, 0.717) is 0 Å². The van der Waals surface area contributed by atoms with Crippen LogP contribution >= 0.6 is 0 Å². The first kappa shape index (κ1) is 16.5. The molecule has 20 heavy (non-hydrogen) atoms. The third kappa shape index (κ3) is 3.72. The van der Waals surface area contributed by atoms with Crippen molar-refractivity contribution in [3.63, 3.8) is 0 Å². The third-order valence-electron chi connectivity index (χ3n) is 3.32. The summed E-state index contributed by atoms with van der Waals surface area (Å²) in [7, 11) is 0. The standard InChI is InChI=1S/C17H20N2.Cu/c1-12-7-5-8-13(2)16(12)18-11-19-17-14(3)9-6-10-15(17)4;/h5-11H,1-4H3,(H,18,19);/q;+2. The zero-order chi connectivity index (χ0) is 13.8. The molecule has 0 atom stereocenters. The van der Waals surface area contributed by atoms with Gasteiger partial charge in [-0.2, -0.15) is 0 Å². The molecule has 107 valence electrons. The Balaban J connectivity index is 0.00000200. The Kier molecular flexibility index (Phi) is 6.00. The number of nitrogens with one attached hydrogen (secondary N) is 1. The largest absolute Gasteiger partial charge is 2.00 e. The summed E-state index contributed by atoms with van der Waals surface area (Å²) in [5, 5.41) is 3.29. The summed E-state index contributed by atoms with van der Waals surface area (Å²) in [6.45, 7) is 8.36. The minimum Gasteiger partial charge on any atom is -0.346 e. The molecular formula is C17H20CuN2+2. The molecule has 1 N–H and O–H groups in total. The molecule has 2 aromatic rings. The molecule has 0 aliphatic heterocycles. The number of nitrogens with zero attached hydrogens (tertiary/aromatic N) is 1. The van der Waals surface area contributed by atoms with Crippen LogP contribution in [-0.2, 0) is 17.1 Å². The maximum Gasteiger partial charge on any atom is 2.00 e. The Bertz CT molecular complexity index is 578. The van der Waals surface area contributed by atoms with Gasteiger partial charge in [0.05, 0.1) is 12.0 Å². The molecule has 0 bridgehead atoms. The van der Waals surface area contributed by atoms with Gasteiger partial charge in [-0.3, -0.25) is 0 Å². The average Bonchev–Trinajstić information content (AvgIpc) is 2.36. The Labute approximate surface area is 131 Å². The summed E-state index contributed by atoms with van der Waals surface area (Å²) in [5.41, 5.74) is 7.03. The predicted molar refractivity (Wildman–Crippen MR) is 83.6 cm³/mol. The summed E-state index contributed by atoms with van der Waals surface area (Å²) in [4.78, 5) is 4.55. The molecule has 1 radical (unpaired) electrons. The molecule has 2 aromatic carbocycles. The smallest absolute Gasteiger partial charge is 0.346 e. The first-order valence-corrected chi connectivity index (χ1v) is 6.51. The van der Waals surface area contributed by atoms with Gasteiger partial charge in [0.2, 0.25) is 0 Å². The Hall–Kier alpha value is -1.57. The quantitative estimate of drug-likeness (QED) is 0.496. The van der Waals surface area contributed by atoms with Crippen LogP contribution in [0.3, 0.4) is 0 Å². The van der Waals surface area contributed by atoms with E-state index < -0.39 is 0 Å². The van der Waals surface area contributed by atoms with E-state index >= 15 is 0 Å². The van der Waals surface area contributed by atoms with Crippen LogP contribution in [0.15, 0.2) is 41.4 Å². The number of para-hydroxylation sites is 2. The van der Waals surface area contributed by atoms with Gasteiger partial charge in [-0.25, -0.2) is 4.99 Å². The summed E-state index contributed by atoms with van der Waals surface area (Å²) in [6.07, 6.45) is 1.78. The van der Waals surface area contributed by atoms with Gasteiger partial charge in [0.25, 0.3) is 0 Å². The molecule has 0 heterocycles. The van der Waals surface area contributed by atoms with Gasteiger partial charge >= 0.3 is 17.1 Å². The first-order valence-electron chi connectivity index (χ1n) is 6.51. The fourth-order valence-electron chi connectivity index (χ4n) is 2.21. The van der Waals surface area contributed by atoms with Gasteiger partial charge in [0, 0.05) is 5.69 Å². The number of benzene rings is 2. The van der Waals surface area contributed by atoms with Gasteiger partial charge in [0.1, 0.15) is 0 Å². The molecule has 0 saturated carbocycles. The molecule has 0 fully saturated rings. The summed E-state index contributed by atoms with van der Waals surface area (Å²) in [5.74, 6) is 0. The van der Waals surface area contributed by atoms with E-state index in [1.54, 1.807) is 6.34 Å². The second-order valence-corrected chi connectivity index (χ2v) is 4.91. The molecule has 0 aromatic heterocycles. The van der Waals surface area contributed by atoms with Crippen molar-refractivity contribution in [1.29, 1.82) is 0 Å². The minimum absolute atomic E-state index is 0. The first-order chi connectivity index (χ1) is 9.09. The molecule has 2 rings (SSSR count). The van der Waals surface area contributed by atoms with Gasteiger partial charge in [0.15, 0.2) is 0 Å². The van der Waals surface area contributed by atoms with E-state index in [-0.39, 0.29) is 17.1 Å². The van der Waals surface area contributed by atoms with E-state index in [1.165, 1.54) is 22.3 Å². The number of aryl methyl sites for hydroxylation is 4. The van der Waals surface area contributed by atoms with Gasteiger partial charge in [-0.15, -0.1) is 0 Å². The number of hydrogen-bond acceptors (Lipinski definition) is 1. The normalized spacial score (nSPS) is 10.4. The van der Waals surface area contributed by atoms with Crippen molar-refractivity contribution in [3.05, 3.63) is 58.7 Å². The zero-order valence-corrected chi connectivity index (χ0v) is 13.2. The van der Waals surface area contributed by atoms with Crippen LogP contribution in [0.25, 0.3) is 0 Å². The number of anilines is 1. The van der Waals surface area contributed by atoms with Crippen molar-refractivity contribution in [2.45, 2.75) is 27.7 Å². The van der Waals surface area contributed by atoms with E-state index in [4.69, 9.17) is 0 Å². The Morgan fingerprint density at radius 3 is 1.75 bits per heavy atom. The number of aliphatic imine (C=N–C) groups is 1. The number of hydrogen-bond donors (Lipinski definition) is 1. The fourth-order valence-corrected chi connectivity index (χ4v) is 2.21. The van der Waals surface area contributed by atoms with Crippen molar-refractivity contribution in [3.8, 4) is 0 Å². The van der Waals surface area contributed by atoms with Crippen molar-refractivity contribution in [2.75, 3.05) is 5.32 Å². The van der Waals surface area contributed by atoms with Crippen LogP contribution in [0, 0.1) is 27.7 Å². The Morgan fingerprint density at radius 1 is 0.800 bits per heavy atom. The second-order valence-electron chi connectivity index (χ2n) is 4.91. The maximum absolute atomic E-state index is 4.55. The molecule has 3 heteroatoms. The SMILES string of the molecule is Cc1cccc(C)c1N=CNc1c(C)cccc1C.[Cu+2]. The topological polar surface area (TPSA) is 24.4 Å². The van der Waals surface area contributed by atoms with E-state index in [2.05, 4.69) is 74.4 Å². The molecule has 0 unspecified atom stereocenters. The molecule has 0 aliphatic rings. The van der Waals surface area contributed by atoms with Gasteiger partial charge in [-0.1, -0.05) is 36.4 Å². The fraction of sp³-hybridized carbons (Fsp3) is 0.235. The van der Waals surface area contributed by atoms with Crippen LogP contribution in [0.5, 0.6) is 0 Å². The Morgan fingerprint density at radius 2 is 1.25 bits per heavy atom. The summed E-state index contributed by atoms with van der Waals surface area (Å²) >= 11 is 0. The molecule has 0 saturated heterocycles. The maximum atomic E-state index is 4.55.